The zero-order valence-electron chi connectivity index (χ0n) is 16.3. The van der Waals surface area contributed by atoms with E-state index in [0.717, 1.165) is 23.3 Å². The largest absolute Gasteiger partial charge is 0.407 e. The summed E-state index contributed by atoms with van der Waals surface area (Å²) in [5.41, 5.74) is -1.52. The minimum atomic E-state index is -4.71. The molecule has 0 saturated carbocycles. The van der Waals surface area contributed by atoms with Crippen molar-refractivity contribution in [1.29, 1.82) is 0 Å². The van der Waals surface area contributed by atoms with Crippen LogP contribution in [0.15, 0.2) is 36.4 Å². The number of ketones is 1. The second-order valence-electron chi connectivity index (χ2n) is 7.71. The minimum Gasteiger partial charge on any atom is -0.381 e. The Bertz CT molecular complexity index is 1010. The van der Waals surface area contributed by atoms with Gasteiger partial charge in [-0.25, -0.2) is 9.24 Å². The van der Waals surface area contributed by atoms with Crippen LogP contribution in [0, 0.1) is 12.4 Å². The lowest BCUT2D eigenvalue weighted by molar-refractivity contribution is -0.138. The second kappa shape index (κ2) is 8.17. The summed E-state index contributed by atoms with van der Waals surface area (Å²) in [7, 11) is 0. The monoisotopic (exact) mass is 420 g/mol. The van der Waals surface area contributed by atoms with E-state index in [1.165, 1.54) is 25.1 Å². The van der Waals surface area contributed by atoms with Crippen LogP contribution in [0.3, 0.4) is 0 Å². The van der Waals surface area contributed by atoms with Crippen LogP contribution >= 0.6 is 0 Å². The molecule has 0 bridgehead atoms. The number of Topliss-reactive ketones (excluding diaryl/α,β-unsaturated/α-hetero) is 1. The van der Waals surface area contributed by atoms with E-state index in [9.17, 15) is 27.5 Å². The average Bonchev–Trinajstić information content (AvgIpc) is 2.67. The molecule has 0 saturated heterocycles. The lowest BCUT2D eigenvalue weighted by atomic mass is 9.92. The van der Waals surface area contributed by atoms with Crippen LogP contribution in [0.5, 0.6) is 0 Å². The molecule has 0 aliphatic carbocycles. The third-order valence-corrected chi connectivity index (χ3v) is 5.24. The SMILES string of the molecule is [C-]#[N+]c1ccc(CC(=O)[C@@](C)(O)CN2CCc3cc(F)ccc3C2)cc1C(F)(F)F. The van der Waals surface area contributed by atoms with E-state index in [1.54, 1.807) is 6.07 Å². The number of carbonyl (C=O) groups excluding carboxylic acids is 1. The summed E-state index contributed by atoms with van der Waals surface area (Å²) < 4.78 is 52.7. The first kappa shape index (κ1) is 21.9. The van der Waals surface area contributed by atoms with Gasteiger partial charge in [0.2, 0.25) is 0 Å². The average molecular weight is 420 g/mol. The van der Waals surface area contributed by atoms with Gasteiger partial charge in [0.15, 0.2) is 11.5 Å². The molecule has 158 valence electrons. The van der Waals surface area contributed by atoms with Gasteiger partial charge in [0.25, 0.3) is 0 Å². The van der Waals surface area contributed by atoms with Gasteiger partial charge in [0.1, 0.15) is 11.4 Å². The number of aliphatic hydroxyl groups is 1. The van der Waals surface area contributed by atoms with Crippen LogP contribution in [-0.4, -0.2) is 34.5 Å². The topological polar surface area (TPSA) is 44.9 Å². The summed E-state index contributed by atoms with van der Waals surface area (Å²) in [6.45, 7) is 9.19. The Labute approximate surface area is 171 Å². The van der Waals surface area contributed by atoms with Crippen LogP contribution in [-0.2, 0) is 30.4 Å². The summed E-state index contributed by atoms with van der Waals surface area (Å²) >= 11 is 0. The fourth-order valence-corrected chi connectivity index (χ4v) is 3.63. The lowest BCUT2D eigenvalue weighted by Gasteiger charge is -2.34. The summed E-state index contributed by atoms with van der Waals surface area (Å²) in [6, 6.07) is 7.62. The molecule has 3 rings (SSSR count). The van der Waals surface area contributed by atoms with Gasteiger partial charge in [-0.3, -0.25) is 9.69 Å². The summed E-state index contributed by atoms with van der Waals surface area (Å²) in [5, 5.41) is 10.7. The zero-order valence-corrected chi connectivity index (χ0v) is 16.3. The van der Waals surface area contributed by atoms with E-state index in [2.05, 4.69) is 4.85 Å². The molecule has 0 fully saturated rings. The summed E-state index contributed by atoms with van der Waals surface area (Å²) in [5.74, 6) is -0.928. The number of fused-ring (bicyclic) bond motifs is 1. The normalized spacial score (nSPS) is 16.4. The van der Waals surface area contributed by atoms with Gasteiger partial charge < -0.3 is 5.11 Å². The van der Waals surface area contributed by atoms with E-state index < -0.39 is 28.8 Å². The minimum absolute atomic E-state index is 0.00884. The van der Waals surface area contributed by atoms with E-state index in [1.807, 2.05) is 4.90 Å². The first-order chi connectivity index (χ1) is 14.0. The van der Waals surface area contributed by atoms with Crippen LogP contribution in [0.4, 0.5) is 23.2 Å². The molecule has 2 aromatic carbocycles. The summed E-state index contributed by atoms with van der Waals surface area (Å²) in [6.07, 6.45) is -4.52. The Morgan fingerprint density at radius 1 is 1.20 bits per heavy atom. The van der Waals surface area contributed by atoms with Crippen LogP contribution in [0.2, 0.25) is 0 Å². The first-order valence-corrected chi connectivity index (χ1v) is 9.32. The number of alkyl halides is 3. The van der Waals surface area contributed by atoms with Crippen molar-refractivity contribution in [2.45, 2.75) is 38.1 Å². The van der Waals surface area contributed by atoms with Crippen molar-refractivity contribution in [2.75, 3.05) is 13.1 Å². The Balaban J connectivity index is 1.71. The van der Waals surface area contributed by atoms with Gasteiger partial charge in [-0.2, -0.15) is 13.2 Å². The van der Waals surface area contributed by atoms with Gasteiger partial charge in [0, 0.05) is 26.1 Å². The van der Waals surface area contributed by atoms with Crippen LogP contribution in [0.1, 0.15) is 29.2 Å². The van der Waals surface area contributed by atoms with Crippen LogP contribution < -0.4 is 0 Å². The van der Waals surface area contributed by atoms with Crippen molar-refractivity contribution in [3.05, 3.63) is 75.9 Å². The standard InChI is InChI=1S/C22H20F4N2O2/c1-21(30,13-28-8-7-15-11-17(23)5-4-16(15)12-28)20(29)10-14-3-6-19(27-2)18(9-14)22(24,25)26/h3-6,9,11,30H,7-8,10,12-13H2,1H3/t21-/m0/s1. The van der Waals surface area contributed by atoms with Gasteiger partial charge in [-0.05, 0) is 42.2 Å². The fourth-order valence-electron chi connectivity index (χ4n) is 3.63. The number of hydrogen-bond donors (Lipinski definition) is 1. The maximum Gasteiger partial charge on any atom is 0.407 e. The third kappa shape index (κ3) is 4.86. The molecule has 1 atom stereocenters. The smallest absolute Gasteiger partial charge is 0.381 e. The third-order valence-electron chi connectivity index (χ3n) is 5.24. The summed E-state index contributed by atoms with van der Waals surface area (Å²) in [4.78, 5) is 17.4. The quantitative estimate of drug-likeness (QED) is 0.579. The number of carbonyl (C=O) groups is 1. The number of β-amino-alcohol motifs (C(OH)–C–C–N with tert-alkyl or cyclic N) is 1. The molecule has 2 aromatic rings. The zero-order chi connectivity index (χ0) is 22.1. The fraction of sp³-hybridized carbons (Fsp3) is 0.364. The molecule has 1 heterocycles. The van der Waals surface area contributed by atoms with E-state index >= 15 is 0 Å². The molecule has 1 N–H and O–H groups in total. The van der Waals surface area contributed by atoms with Crippen molar-refractivity contribution in [1.82, 2.24) is 4.90 Å². The van der Waals surface area contributed by atoms with Crippen molar-refractivity contribution in [2.24, 2.45) is 0 Å². The molecule has 1 aliphatic rings. The van der Waals surface area contributed by atoms with Gasteiger partial charge >= 0.3 is 6.18 Å². The van der Waals surface area contributed by atoms with Crippen molar-refractivity contribution < 1.29 is 27.5 Å². The number of benzene rings is 2. The number of nitrogens with zero attached hydrogens (tertiary/aromatic N) is 2. The molecule has 0 spiro atoms. The Morgan fingerprint density at radius 2 is 1.93 bits per heavy atom. The molecular formula is C22H20F4N2O2. The predicted octanol–water partition coefficient (Wildman–Crippen LogP) is 4.32. The molecule has 0 aromatic heterocycles. The predicted molar refractivity (Wildman–Crippen MR) is 102 cm³/mol. The van der Waals surface area contributed by atoms with Crippen molar-refractivity contribution >= 4 is 11.5 Å². The maximum atomic E-state index is 13.3. The highest BCUT2D eigenvalue weighted by Crippen LogP contribution is 2.37. The highest BCUT2D eigenvalue weighted by molar-refractivity contribution is 5.89. The van der Waals surface area contributed by atoms with Gasteiger partial charge in [-0.1, -0.05) is 24.3 Å². The highest BCUT2D eigenvalue weighted by atomic mass is 19.4. The molecule has 1 aliphatic heterocycles. The number of hydrogen-bond acceptors (Lipinski definition) is 3. The first-order valence-electron chi connectivity index (χ1n) is 9.32. The molecule has 30 heavy (non-hydrogen) atoms. The number of rotatable bonds is 5. The highest BCUT2D eigenvalue weighted by Gasteiger charge is 2.36. The van der Waals surface area contributed by atoms with Gasteiger partial charge in [-0.15, -0.1) is 0 Å². The molecule has 0 unspecified atom stereocenters. The molecule has 0 radical (unpaired) electrons. The van der Waals surface area contributed by atoms with Crippen molar-refractivity contribution in [3.63, 3.8) is 0 Å². The molecule has 0 amide bonds. The Hall–Kier alpha value is -2.76. The lowest BCUT2D eigenvalue weighted by Crippen LogP contribution is -2.48. The Morgan fingerprint density at radius 3 is 2.60 bits per heavy atom. The van der Waals surface area contributed by atoms with Crippen LogP contribution in [0.25, 0.3) is 4.85 Å². The van der Waals surface area contributed by atoms with E-state index in [0.29, 0.717) is 19.5 Å². The van der Waals surface area contributed by atoms with E-state index in [-0.39, 0.29) is 24.3 Å². The molecule has 8 heteroatoms. The van der Waals surface area contributed by atoms with Gasteiger partial charge in [0.05, 0.1) is 12.1 Å². The number of halogens is 4. The Kier molecular flexibility index (Phi) is 5.97. The van der Waals surface area contributed by atoms with Crippen molar-refractivity contribution in [3.8, 4) is 0 Å². The van der Waals surface area contributed by atoms with E-state index in [4.69, 9.17) is 6.57 Å². The molecule has 4 nitrogen and oxygen atoms in total. The maximum absolute atomic E-state index is 13.3. The second-order valence-corrected chi connectivity index (χ2v) is 7.71. The molecular weight excluding hydrogens is 400 g/mol.